The van der Waals surface area contributed by atoms with Crippen LogP contribution in [-0.2, 0) is 26.2 Å². The molecule has 0 fully saturated rings. The molecule has 1 N–H and O–H groups in total. The molecule has 7 nitrogen and oxygen atoms in total. The monoisotopic (exact) mass is 525 g/mol. The lowest BCUT2D eigenvalue weighted by molar-refractivity contribution is -0.140. The molecule has 0 aliphatic rings. The summed E-state index contributed by atoms with van der Waals surface area (Å²) >= 11 is 6.03. The van der Waals surface area contributed by atoms with Crippen LogP contribution in [0.5, 0.6) is 0 Å². The molecule has 0 unspecified atom stereocenters. The van der Waals surface area contributed by atoms with Gasteiger partial charge < -0.3 is 10.2 Å². The van der Waals surface area contributed by atoms with E-state index in [-0.39, 0.29) is 18.5 Å². The van der Waals surface area contributed by atoms with Gasteiger partial charge in [-0.3, -0.25) is 13.9 Å². The van der Waals surface area contributed by atoms with Gasteiger partial charge >= 0.3 is 0 Å². The fraction of sp³-hybridized carbons (Fsp3) is 0.440. The highest BCUT2D eigenvalue weighted by Crippen LogP contribution is 2.26. The second-order valence-corrected chi connectivity index (χ2v) is 10.9. The van der Waals surface area contributed by atoms with E-state index in [1.54, 1.807) is 32.0 Å². The van der Waals surface area contributed by atoms with Crippen molar-refractivity contribution >= 4 is 39.1 Å². The van der Waals surface area contributed by atoms with Crippen molar-refractivity contribution < 1.29 is 22.4 Å². The Morgan fingerprint density at radius 3 is 2.23 bits per heavy atom. The van der Waals surface area contributed by atoms with Crippen molar-refractivity contribution in [1.82, 2.24) is 10.2 Å². The molecule has 2 amide bonds. The Balaban J connectivity index is 2.46. The number of hydrogen-bond acceptors (Lipinski definition) is 4. The number of sulfonamides is 1. The summed E-state index contributed by atoms with van der Waals surface area (Å²) in [7, 11) is -3.84. The van der Waals surface area contributed by atoms with Gasteiger partial charge in [0.1, 0.15) is 18.4 Å². The van der Waals surface area contributed by atoms with Crippen LogP contribution in [0.15, 0.2) is 42.5 Å². The number of benzene rings is 2. The highest BCUT2D eigenvalue weighted by atomic mass is 35.5. The van der Waals surface area contributed by atoms with Crippen molar-refractivity contribution in [1.29, 1.82) is 0 Å². The number of carbonyl (C=O) groups is 2. The lowest BCUT2D eigenvalue weighted by Gasteiger charge is -2.33. The molecular weight excluding hydrogens is 493 g/mol. The minimum absolute atomic E-state index is 0.0166. The van der Waals surface area contributed by atoms with Crippen molar-refractivity contribution in [2.75, 3.05) is 17.1 Å². The summed E-state index contributed by atoms with van der Waals surface area (Å²) in [5.74, 6) is -1.30. The number of amides is 2. The van der Waals surface area contributed by atoms with Crippen LogP contribution in [0.25, 0.3) is 0 Å². The van der Waals surface area contributed by atoms with E-state index < -0.39 is 34.3 Å². The summed E-state index contributed by atoms with van der Waals surface area (Å²) in [4.78, 5) is 28.0. The smallest absolute Gasteiger partial charge is 0.244 e. The predicted octanol–water partition coefficient (Wildman–Crippen LogP) is 4.28. The molecule has 2 atom stereocenters. The molecule has 2 rings (SSSR count). The summed E-state index contributed by atoms with van der Waals surface area (Å²) in [6.45, 7) is 6.80. The number of aryl methyl sites for hydroxylation is 1. The maximum atomic E-state index is 13.6. The van der Waals surface area contributed by atoms with Crippen molar-refractivity contribution in [3.63, 3.8) is 0 Å². The molecule has 2 aromatic carbocycles. The van der Waals surface area contributed by atoms with Gasteiger partial charge in [0.05, 0.1) is 11.9 Å². The number of carbonyl (C=O) groups excluding carboxylic acids is 2. The zero-order valence-corrected chi connectivity index (χ0v) is 22.3. The Labute approximate surface area is 212 Å². The molecule has 0 heterocycles. The highest BCUT2D eigenvalue weighted by Gasteiger charge is 2.32. The van der Waals surface area contributed by atoms with Crippen molar-refractivity contribution in [2.45, 2.75) is 59.2 Å². The van der Waals surface area contributed by atoms with E-state index in [9.17, 15) is 22.4 Å². The van der Waals surface area contributed by atoms with Gasteiger partial charge in [-0.15, -0.1) is 0 Å². The zero-order valence-electron chi connectivity index (χ0n) is 20.7. The molecule has 0 spiro atoms. The van der Waals surface area contributed by atoms with Crippen LogP contribution in [0.4, 0.5) is 10.1 Å². The first-order valence-corrected chi connectivity index (χ1v) is 13.7. The second-order valence-electron chi connectivity index (χ2n) is 8.59. The van der Waals surface area contributed by atoms with Gasteiger partial charge in [0.15, 0.2) is 0 Å². The third-order valence-electron chi connectivity index (χ3n) is 5.76. The third kappa shape index (κ3) is 7.93. The Hall–Kier alpha value is -2.65. The van der Waals surface area contributed by atoms with Gasteiger partial charge in [-0.05, 0) is 68.1 Å². The minimum Gasteiger partial charge on any atom is -0.352 e. The van der Waals surface area contributed by atoms with Gasteiger partial charge in [0.25, 0.3) is 0 Å². The SMILES string of the molecule is CC[C@@H](C)NC(=O)[C@@H](CC)N(Cc1ccc(F)cc1)C(=O)CN(c1ccc(Cl)cc1C)S(C)(=O)=O. The lowest BCUT2D eigenvalue weighted by Crippen LogP contribution is -2.53. The Kier molecular flexibility index (Phi) is 10.1. The van der Waals surface area contributed by atoms with Gasteiger partial charge in [-0.25, -0.2) is 12.8 Å². The van der Waals surface area contributed by atoms with Crippen LogP contribution in [0.1, 0.15) is 44.7 Å². The van der Waals surface area contributed by atoms with Gasteiger partial charge in [-0.2, -0.15) is 0 Å². The average Bonchev–Trinajstić information content (AvgIpc) is 2.78. The van der Waals surface area contributed by atoms with Crippen LogP contribution in [-0.4, -0.2) is 50.0 Å². The first-order chi connectivity index (χ1) is 16.4. The predicted molar refractivity (Wildman–Crippen MR) is 137 cm³/mol. The standard InChI is InChI=1S/C25H33ClFN3O4S/c1-6-18(4)28-25(32)22(7-2)29(15-19-8-11-21(27)12-9-19)24(31)16-30(35(5,33)34)23-13-10-20(26)14-17(23)3/h8-14,18,22H,6-7,15-16H2,1-5H3,(H,28,32)/t18-,22-/m1/s1. The number of rotatable bonds is 11. The van der Waals surface area contributed by atoms with Crippen molar-refractivity contribution in [3.8, 4) is 0 Å². The molecule has 35 heavy (non-hydrogen) atoms. The first-order valence-electron chi connectivity index (χ1n) is 11.5. The Morgan fingerprint density at radius 2 is 1.71 bits per heavy atom. The molecule has 0 radical (unpaired) electrons. The Bertz CT molecular complexity index is 1140. The van der Waals surface area contributed by atoms with Crippen LogP contribution < -0.4 is 9.62 Å². The van der Waals surface area contributed by atoms with Crippen LogP contribution in [0, 0.1) is 12.7 Å². The molecule has 0 aliphatic carbocycles. The van der Waals surface area contributed by atoms with E-state index in [4.69, 9.17) is 11.6 Å². The molecule has 0 aromatic heterocycles. The van der Waals surface area contributed by atoms with Gasteiger partial charge in [0, 0.05) is 17.6 Å². The van der Waals surface area contributed by atoms with Crippen LogP contribution in [0.2, 0.25) is 5.02 Å². The molecule has 2 aromatic rings. The Morgan fingerprint density at radius 1 is 1.09 bits per heavy atom. The van der Waals surface area contributed by atoms with E-state index >= 15 is 0 Å². The molecule has 0 saturated heterocycles. The number of nitrogens with one attached hydrogen (secondary N) is 1. The van der Waals surface area contributed by atoms with Gasteiger partial charge in [-0.1, -0.05) is 37.6 Å². The first kappa shape index (κ1) is 28.6. The largest absolute Gasteiger partial charge is 0.352 e. The maximum Gasteiger partial charge on any atom is 0.244 e. The summed E-state index contributed by atoms with van der Waals surface area (Å²) < 4.78 is 39.8. The average molecular weight is 526 g/mol. The molecule has 0 saturated carbocycles. The summed E-state index contributed by atoms with van der Waals surface area (Å²) in [5, 5.41) is 3.34. The topological polar surface area (TPSA) is 86.8 Å². The zero-order chi connectivity index (χ0) is 26.3. The number of nitrogens with zero attached hydrogens (tertiary/aromatic N) is 2. The fourth-order valence-corrected chi connectivity index (χ4v) is 4.77. The molecule has 0 aliphatic heterocycles. The van der Waals surface area contributed by atoms with E-state index in [1.807, 2.05) is 13.8 Å². The summed E-state index contributed by atoms with van der Waals surface area (Å²) in [6.07, 6.45) is 2.05. The number of halogens is 2. The van der Waals surface area contributed by atoms with Crippen LogP contribution in [0.3, 0.4) is 0 Å². The fourth-order valence-electron chi connectivity index (χ4n) is 3.64. The molecule has 192 valence electrons. The van der Waals surface area contributed by atoms with Crippen molar-refractivity contribution in [2.24, 2.45) is 0 Å². The van der Waals surface area contributed by atoms with E-state index in [0.29, 0.717) is 34.7 Å². The van der Waals surface area contributed by atoms with E-state index in [0.717, 1.165) is 10.6 Å². The molecule has 10 heteroatoms. The van der Waals surface area contributed by atoms with Gasteiger partial charge in [0.2, 0.25) is 21.8 Å². The second kappa shape index (κ2) is 12.4. The highest BCUT2D eigenvalue weighted by molar-refractivity contribution is 7.92. The number of anilines is 1. The molecular formula is C25H33ClFN3O4S. The quantitative estimate of drug-likeness (QED) is 0.474. The normalized spacial score (nSPS) is 13.1. The van der Waals surface area contributed by atoms with E-state index in [2.05, 4.69) is 5.32 Å². The van der Waals surface area contributed by atoms with E-state index in [1.165, 1.54) is 29.2 Å². The minimum atomic E-state index is -3.84. The van der Waals surface area contributed by atoms with Crippen molar-refractivity contribution in [3.05, 3.63) is 64.4 Å². The van der Waals surface area contributed by atoms with Crippen LogP contribution >= 0.6 is 11.6 Å². The number of hydrogen-bond donors (Lipinski definition) is 1. The summed E-state index contributed by atoms with van der Waals surface area (Å²) in [5.41, 5.74) is 1.52. The lowest BCUT2D eigenvalue weighted by atomic mass is 10.1. The molecule has 0 bridgehead atoms. The summed E-state index contributed by atoms with van der Waals surface area (Å²) in [6, 6.07) is 9.40. The third-order valence-corrected chi connectivity index (χ3v) is 7.12. The maximum absolute atomic E-state index is 13.6.